The lowest BCUT2D eigenvalue weighted by atomic mass is 10.3. The van der Waals surface area contributed by atoms with E-state index in [2.05, 4.69) is 15.6 Å². The third kappa shape index (κ3) is 4.64. The molecular formula is C14H17N3O2S. The van der Waals surface area contributed by atoms with Crippen LogP contribution in [0.2, 0.25) is 0 Å². The maximum absolute atomic E-state index is 11.8. The lowest BCUT2D eigenvalue weighted by Crippen LogP contribution is -2.16. The number of carbonyl (C=O) groups is 1. The van der Waals surface area contributed by atoms with Crippen molar-refractivity contribution in [3.8, 4) is 0 Å². The lowest BCUT2D eigenvalue weighted by molar-refractivity contribution is -0.115. The van der Waals surface area contributed by atoms with Crippen molar-refractivity contribution in [2.24, 2.45) is 0 Å². The zero-order valence-corrected chi connectivity index (χ0v) is 12.0. The molecule has 0 fully saturated rings. The van der Waals surface area contributed by atoms with Crippen LogP contribution in [0, 0.1) is 0 Å². The van der Waals surface area contributed by atoms with E-state index < -0.39 is 6.10 Å². The van der Waals surface area contributed by atoms with Crippen LogP contribution in [-0.2, 0) is 11.2 Å². The average molecular weight is 291 g/mol. The van der Waals surface area contributed by atoms with Crippen LogP contribution in [-0.4, -0.2) is 28.6 Å². The van der Waals surface area contributed by atoms with E-state index in [-0.39, 0.29) is 5.91 Å². The highest BCUT2D eigenvalue weighted by Crippen LogP contribution is 2.12. The Kier molecular flexibility index (Phi) is 5.09. The van der Waals surface area contributed by atoms with Crippen molar-refractivity contribution in [3.05, 3.63) is 40.7 Å². The third-order valence-electron chi connectivity index (χ3n) is 2.54. The Morgan fingerprint density at radius 3 is 2.90 bits per heavy atom. The molecule has 0 saturated carbocycles. The highest BCUT2D eigenvalue weighted by atomic mass is 32.1. The summed E-state index contributed by atoms with van der Waals surface area (Å²) in [6, 6.07) is 7.41. The number of aromatic nitrogens is 1. The van der Waals surface area contributed by atoms with Gasteiger partial charge in [0, 0.05) is 11.4 Å². The van der Waals surface area contributed by atoms with Crippen molar-refractivity contribution >= 4 is 28.7 Å². The van der Waals surface area contributed by atoms with Gasteiger partial charge in [0.05, 0.1) is 24.4 Å². The SMILES string of the molecule is CC(O)CNc1ccc(NC(=O)Cc2cccs2)cn1. The number of nitrogens with zero attached hydrogens (tertiary/aromatic N) is 1. The van der Waals surface area contributed by atoms with E-state index >= 15 is 0 Å². The van der Waals surface area contributed by atoms with Crippen LogP contribution in [0.3, 0.4) is 0 Å². The molecule has 6 heteroatoms. The number of hydrogen-bond acceptors (Lipinski definition) is 5. The molecule has 0 radical (unpaired) electrons. The average Bonchev–Trinajstić information content (AvgIpc) is 2.90. The summed E-state index contributed by atoms with van der Waals surface area (Å²) in [6.07, 6.45) is 1.54. The van der Waals surface area contributed by atoms with Crippen LogP contribution in [0.15, 0.2) is 35.8 Å². The normalized spacial score (nSPS) is 11.9. The van der Waals surface area contributed by atoms with Crippen LogP contribution in [0.4, 0.5) is 11.5 Å². The fourth-order valence-corrected chi connectivity index (χ4v) is 2.30. The predicted octanol–water partition coefficient (Wildman–Crippen LogP) is 2.12. The Balaban J connectivity index is 1.85. The maximum Gasteiger partial charge on any atom is 0.229 e. The molecule has 1 atom stereocenters. The summed E-state index contributed by atoms with van der Waals surface area (Å²) in [4.78, 5) is 17.0. The molecule has 1 amide bonds. The second-order valence-corrected chi connectivity index (χ2v) is 5.50. The number of thiophene rings is 1. The van der Waals surface area contributed by atoms with Crippen molar-refractivity contribution in [1.82, 2.24) is 4.98 Å². The van der Waals surface area contributed by atoms with E-state index in [4.69, 9.17) is 5.11 Å². The monoisotopic (exact) mass is 291 g/mol. The topological polar surface area (TPSA) is 74.2 Å². The first kappa shape index (κ1) is 14.5. The van der Waals surface area contributed by atoms with E-state index in [1.165, 1.54) is 0 Å². The second kappa shape index (κ2) is 7.02. The maximum atomic E-state index is 11.8. The number of rotatable bonds is 6. The Morgan fingerprint density at radius 2 is 2.30 bits per heavy atom. The molecule has 0 bridgehead atoms. The molecule has 106 valence electrons. The molecule has 0 aliphatic rings. The summed E-state index contributed by atoms with van der Waals surface area (Å²) < 4.78 is 0. The summed E-state index contributed by atoms with van der Waals surface area (Å²) >= 11 is 1.56. The number of hydrogen-bond donors (Lipinski definition) is 3. The van der Waals surface area contributed by atoms with Crippen molar-refractivity contribution in [2.45, 2.75) is 19.4 Å². The van der Waals surface area contributed by atoms with Crippen LogP contribution in [0.1, 0.15) is 11.8 Å². The minimum Gasteiger partial charge on any atom is -0.392 e. The predicted molar refractivity (Wildman–Crippen MR) is 81.1 cm³/mol. The van der Waals surface area contributed by atoms with Gasteiger partial charge < -0.3 is 15.7 Å². The van der Waals surface area contributed by atoms with E-state index in [0.717, 1.165) is 4.88 Å². The number of amides is 1. The summed E-state index contributed by atoms with van der Waals surface area (Å²) in [6.45, 7) is 2.14. The number of aliphatic hydroxyl groups excluding tert-OH is 1. The van der Waals surface area contributed by atoms with Crippen molar-refractivity contribution in [3.63, 3.8) is 0 Å². The van der Waals surface area contributed by atoms with Gasteiger partial charge in [-0.15, -0.1) is 11.3 Å². The first-order valence-corrected chi connectivity index (χ1v) is 7.21. The van der Waals surface area contributed by atoms with E-state index in [1.54, 1.807) is 36.6 Å². The van der Waals surface area contributed by atoms with E-state index in [0.29, 0.717) is 24.5 Å². The molecule has 0 spiro atoms. The van der Waals surface area contributed by atoms with Gasteiger partial charge >= 0.3 is 0 Å². The first-order chi connectivity index (χ1) is 9.63. The molecule has 20 heavy (non-hydrogen) atoms. The number of nitrogens with one attached hydrogen (secondary N) is 2. The molecule has 2 rings (SSSR count). The Morgan fingerprint density at radius 1 is 1.45 bits per heavy atom. The summed E-state index contributed by atoms with van der Waals surface area (Å²) in [5.41, 5.74) is 0.661. The van der Waals surface area contributed by atoms with Crippen LogP contribution >= 0.6 is 11.3 Å². The highest BCUT2D eigenvalue weighted by Gasteiger charge is 2.05. The van der Waals surface area contributed by atoms with Gasteiger partial charge in [-0.3, -0.25) is 4.79 Å². The Hall–Kier alpha value is -1.92. The van der Waals surface area contributed by atoms with Gasteiger partial charge in [0.25, 0.3) is 0 Å². The van der Waals surface area contributed by atoms with Gasteiger partial charge in [-0.2, -0.15) is 0 Å². The zero-order chi connectivity index (χ0) is 14.4. The van der Waals surface area contributed by atoms with Crippen molar-refractivity contribution < 1.29 is 9.90 Å². The number of anilines is 2. The number of pyridine rings is 1. The molecule has 5 nitrogen and oxygen atoms in total. The standard InChI is InChI=1S/C14H17N3O2S/c1-10(18)8-15-13-5-4-11(9-16-13)17-14(19)7-12-3-2-6-20-12/h2-6,9-10,18H,7-8H2,1H3,(H,15,16)(H,17,19). The van der Waals surface area contributed by atoms with E-state index in [9.17, 15) is 4.79 Å². The molecular weight excluding hydrogens is 274 g/mol. The summed E-state index contributed by atoms with van der Waals surface area (Å²) in [5.74, 6) is 0.612. The molecule has 0 aromatic carbocycles. The first-order valence-electron chi connectivity index (χ1n) is 6.33. The Labute approximate surface area is 121 Å². The lowest BCUT2D eigenvalue weighted by Gasteiger charge is -2.08. The molecule has 0 aliphatic carbocycles. The van der Waals surface area contributed by atoms with Gasteiger partial charge in [0.1, 0.15) is 5.82 Å². The van der Waals surface area contributed by atoms with Gasteiger partial charge in [-0.05, 0) is 30.5 Å². The molecule has 2 heterocycles. The van der Waals surface area contributed by atoms with E-state index in [1.807, 2.05) is 17.5 Å². The fraction of sp³-hybridized carbons (Fsp3) is 0.286. The molecule has 2 aromatic rings. The zero-order valence-electron chi connectivity index (χ0n) is 11.2. The van der Waals surface area contributed by atoms with Crippen LogP contribution in [0.25, 0.3) is 0 Å². The molecule has 1 unspecified atom stereocenters. The third-order valence-corrected chi connectivity index (χ3v) is 3.42. The molecule has 0 aliphatic heterocycles. The smallest absolute Gasteiger partial charge is 0.229 e. The molecule has 0 saturated heterocycles. The molecule has 3 N–H and O–H groups in total. The van der Waals surface area contributed by atoms with Gasteiger partial charge in [0.15, 0.2) is 0 Å². The Bertz CT molecular complexity index is 538. The minimum absolute atomic E-state index is 0.0565. The molecule has 2 aromatic heterocycles. The fourth-order valence-electron chi connectivity index (χ4n) is 1.60. The van der Waals surface area contributed by atoms with Crippen molar-refractivity contribution in [1.29, 1.82) is 0 Å². The van der Waals surface area contributed by atoms with Crippen molar-refractivity contribution in [2.75, 3.05) is 17.2 Å². The van der Waals surface area contributed by atoms with Gasteiger partial charge in [0.2, 0.25) is 5.91 Å². The summed E-state index contributed by atoms with van der Waals surface area (Å²) in [7, 11) is 0. The van der Waals surface area contributed by atoms with Gasteiger partial charge in [-0.1, -0.05) is 6.07 Å². The number of carbonyl (C=O) groups excluding carboxylic acids is 1. The number of aliphatic hydroxyl groups is 1. The quantitative estimate of drug-likeness (QED) is 0.762. The largest absolute Gasteiger partial charge is 0.392 e. The highest BCUT2D eigenvalue weighted by molar-refractivity contribution is 7.10. The minimum atomic E-state index is -0.429. The van der Waals surface area contributed by atoms with Crippen LogP contribution in [0.5, 0.6) is 0 Å². The van der Waals surface area contributed by atoms with Crippen LogP contribution < -0.4 is 10.6 Å². The van der Waals surface area contributed by atoms with Gasteiger partial charge in [-0.25, -0.2) is 4.98 Å². The summed E-state index contributed by atoms with van der Waals surface area (Å²) in [5, 5.41) is 16.9. The second-order valence-electron chi connectivity index (χ2n) is 4.47.